The highest BCUT2D eigenvalue weighted by Gasteiger charge is 2.27. The number of carbonyl (C=O) groups is 2. The second-order valence-corrected chi connectivity index (χ2v) is 17.3. The molecule has 10 nitrogen and oxygen atoms in total. The lowest BCUT2D eigenvalue weighted by Gasteiger charge is -2.24. The molecule has 0 fully saturated rings. The summed E-state index contributed by atoms with van der Waals surface area (Å²) in [5.74, 6) is -1.02. The lowest BCUT2D eigenvalue weighted by molar-refractivity contribution is -0.870. The molecule has 0 saturated heterocycles. The maximum atomic E-state index is 12.7. The Balaban J connectivity index is 4.63. The second-order valence-electron chi connectivity index (χ2n) is 15.9. The molecule has 11 heteroatoms. The summed E-state index contributed by atoms with van der Waals surface area (Å²) in [6, 6.07) is 0. The number of nitrogens with zero attached hydrogens (tertiary/aromatic N) is 1. The first kappa shape index (κ1) is 57.6. The Bertz CT molecular complexity index is 1420. The van der Waals surface area contributed by atoms with Gasteiger partial charge in [-0.15, -0.1) is 0 Å². The van der Waals surface area contributed by atoms with E-state index in [1.165, 1.54) is 25.7 Å². The van der Waals surface area contributed by atoms with Gasteiger partial charge in [0.15, 0.2) is 6.10 Å². The highest BCUT2D eigenvalue weighted by atomic mass is 31.2. The first-order valence-corrected chi connectivity index (χ1v) is 24.2. The van der Waals surface area contributed by atoms with Gasteiger partial charge in [0, 0.05) is 12.8 Å². The Labute approximate surface area is 370 Å². The number of hydrogen-bond acceptors (Lipinski definition) is 8. The Kier molecular flexibility index (Phi) is 38.4. The van der Waals surface area contributed by atoms with E-state index in [-0.39, 0.29) is 26.1 Å². The maximum absolute atomic E-state index is 12.7. The standard InChI is InChI=1S/C50H82NO9P/c1-6-8-10-12-14-16-18-20-21-22-23-25-27-29-31-33-37-41-49(53)57-45-48(46-59-61(55,56)58-44-43-51(3,4)5)60-50(54)42-38-34-36-40-47(52)39-35-32-30-28-26-24-19-17-15-13-11-9-7-2/h9,11,14-17,20-21,23-26,30,32,34-36,39,47-48,52H,6-8,10,12-13,18-19,22,27-29,31,33,37-38,40-46H2,1-5H3/p+1/b11-9-,16-14-,17-15-,21-20-,25-23-,26-24-,32-30-,36-34-,39-35-/t47?,48-/m1/s1. The summed E-state index contributed by atoms with van der Waals surface area (Å²) in [6.45, 7) is 4.01. The SMILES string of the molecule is CC/C=C\C/C=C\C/C=C\C/C=C\C=C/C(O)C/C=C\CCC(=O)O[C@H](COC(=O)CCCCCC/C=C\C/C=C\C/C=C\CCCCC)COP(=O)(O)OCC[N+](C)(C)C. The molecule has 0 rings (SSSR count). The third-order valence-corrected chi connectivity index (χ3v) is 9.87. The van der Waals surface area contributed by atoms with Crippen LogP contribution in [0.4, 0.5) is 0 Å². The Morgan fingerprint density at radius 1 is 0.607 bits per heavy atom. The number of aliphatic hydroxyl groups excluding tert-OH is 1. The molecule has 0 bridgehead atoms. The summed E-state index contributed by atoms with van der Waals surface area (Å²) < 4.78 is 34.1. The van der Waals surface area contributed by atoms with E-state index in [9.17, 15) is 24.2 Å². The van der Waals surface area contributed by atoms with Crippen LogP contribution in [0.25, 0.3) is 0 Å². The van der Waals surface area contributed by atoms with Crippen molar-refractivity contribution in [2.24, 2.45) is 0 Å². The molecule has 0 spiro atoms. The highest BCUT2D eigenvalue weighted by molar-refractivity contribution is 7.47. The van der Waals surface area contributed by atoms with Gasteiger partial charge in [-0.05, 0) is 83.5 Å². The van der Waals surface area contributed by atoms with Crippen LogP contribution in [0.1, 0.15) is 136 Å². The molecule has 0 aliphatic carbocycles. The minimum Gasteiger partial charge on any atom is -0.462 e. The van der Waals surface area contributed by atoms with Crippen molar-refractivity contribution in [2.75, 3.05) is 47.5 Å². The fraction of sp³-hybridized carbons (Fsp3) is 0.600. The molecule has 346 valence electrons. The van der Waals surface area contributed by atoms with Gasteiger partial charge in [-0.25, -0.2) is 4.57 Å². The van der Waals surface area contributed by atoms with Crippen LogP contribution in [0, 0.1) is 0 Å². The van der Waals surface area contributed by atoms with Crippen LogP contribution in [0.5, 0.6) is 0 Å². The minimum atomic E-state index is -4.44. The molecule has 0 aromatic carbocycles. The van der Waals surface area contributed by atoms with Crippen molar-refractivity contribution in [3.05, 3.63) is 109 Å². The van der Waals surface area contributed by atoms with Crippen molar-refractivity contribution < 1.29 is 47.2 Å². The molecular formula is C50H83NO9P+. The predicted octanol–water partition coefficient (Wildman–Crippen LogP) is 12.1. The van der Waals surface area contributed by atoms with E-state index in [0.717, 1.165) is 64.2 Å². The van der Waals surface area contributed by atoms with Gasteiger partial charge in [0.2, 0.25) is 0 Å². The maximum Gasteiger partial charge on any atom is 0.472 e. The molecule has 2 unspecified atom stereocenters. The summed E-state index contributed by atoms with van der Waals surface area (Å²) in [4.78, 5) is 35.4. The zero-order valence-electron chi connectivity index (χ0n) is 38.5. The van der Waals surface area contributed by atoms with Gasteiger partial charge in [-0.1, -0.05) is 149 Å². The van der Waals surface area contributed by atoms with Crippen molar-refractivity contribution in [2.45, 2.75) is 148 Å². The molecule has 0 aromatic rings. The smallest absolute Gasteiger partial charge is 0.462 e. The highest BCUT2D eigenvalue weighted by Crippen LogP contribution is 2.43. The van der Waals surface area contributed by atoms with Gasteiger partial charge < -0.3 is 24.0 Å². The van der Waals surface area contributed by atoms with E-state index >= 15 is 0 Å². The number of ether oxygens (including phenoxy) is 2. The molecule has 0 aromatic heterocycles. The summed E-state index contributed by atoms with van der Waals surface area (Å²) in [7, 11) is 1.33. The van der Waals surface area contributed by atoms with Crippen LogP contribution in [-0.2, 0) is 32.7 Å². The van der Waals surface area contributed by atoms with E-state index < -0.39 is 38.6 Å². The topological polar surface area (TPSA) is 129 Å². The van der Waals surface area contributed by atoms with Crippen LogP contribution in [-0.4, -0.2) is 86.1 Å². The minimum absolute atomic E-state index is 0.0109. The summed E-state index contributed by atoms with van der Waals surface area (Å²) in [5.41, 5.74) is 0. The zero-order chi connectivity index (χ0) is 45.1. The van der Waals surface area contributed by atoms with Gasteiger partial charge in [0.05, 0.1) is 33.9 Å². The number of esters is 2. The first-order valence-electron chi connectivity index (χ1n) is 22.7. The number of carbonyl (C=O) groups excluding carboxylic acids is 2. The number of rotatable bonds is 39. The normalized spacial score (nSPS) is 15.1. The van der Waals surface area contributed by atoms with E-state index in [4.69, 9.17) is 18.5 Å². The van der Waals surface area contributed by atoms with Crippen LogP contribution in [0.3, 0.4) is 0 Å². The Morgan fingerprint density at radius 3 is 1.77 bits per heavy atom. The molecule has 0 aliphatic rings. The van der Waals surface area contributed by atoms with Gasteiger partial charge in [-0.2, -0.15) is 0 Å². The van der Waals surface area contributed by atoms with Crippen molar-refractivity contribution in [1.82, 2.24) is 0 Å². The molecule has 0 heterocycles. The van der Waals surface area contributed by atoms with Crippen molar-refractivity contribution in [3.8, 4) is 0 Å². The molecule has 0 aliphatic heterocycles. The number of quaternary nitrogens is 1. The van der Waals surface area contributed by atoms with Crippen LogP contribution >= 0.6 is 7.82 Å². The summed E-state index contributed by atoms with van der Waals surface area (Å²) >= 11 is 0. The van der Waals surface area contributed by atoms with Crippen molar-refractivity contribution >= 4 is 19.8 Å². The molecule has 0 radical (unpaired) electrons. The first-order chi connectivity index (χ1) is 29.4. The lowest BCUT2D eigenvalue weighted by atomic mass is 10.1. The Hall–Kier alpha value is -3.37. The quantitative estimate of drug-likeness (QED) is 0.0155. The van der Waals surface area contributed by atoms with Gasteiger partial charge in [0.25, 0.3) is 0 Å². The number of allylic oxidation sites excluding steroid dienone is 16. The van der Waals surface area contributed by atoms with Crippen LogP contribution in [0.15, 0.2) is 109 Å². The fourth-order valence-corrected chi connectivity index (χ4v) is 6.05. The summed E-state index contributed by atoms with van der Waals surface area (Å²) in [6.07, 6.45) is 51.7. The molecule has 2 N–H and O–H groups in total. The number of hydrogen-bond donors (Lipinski definition) is 2. The lowest BCUT2D eigenvalue weighted by Crippen LogP contribution is -2.37. The molecule has 0 amide bonds. The van der Waals surface area contributed by atoms with E-state index in [2.05, 4.69) is 86.8 Å². The molecule has 61 heavy (non-hydrogen) atoms. The average molecular weight is 873 g/mol. The van der Waals surface area contributed by atoms with Gasteiger partial charge in [-0.3, -0.25) is 18.6 Å². The molecular weight excluding hydrogens is 790 g/mol. The van der Waals surface area contributed by atoms with E-state index in [1.807, 2.05) is 39.4 Å². The van der Waals surface area contributed by atoms with Gasteiger partial charge in [0.1, 0.15) is 19.8 Å². The number of likely N-dealkylation sites (N-methyl/N-ethyl adjacent to an activating group) is 1. The fourth-order valence-electron chi connectivity index (χ4n) is 5.30. The molecule has 3 atom stereocenters. The number of phosphoric acid groups is 1. The monoisotopic (exact) mass is 873 g/mol. The van der Waals surface area contributed by atoms with E-state index in [1.54, 1.807) is 18.2 Å². The number of aliphatic hydroxyl groups is 1. The Morgan fingerprint density at radius 2 is 1.16 bits per heavy atom. The zero-order valence-corrected chi connectivity index (χ0v) is 39.4. The van der Waals surface area contributed by atoms with Crippen LogP contribution < -0.4 is 0 Å². The third-order valence-electron chi connectivity index (χ3n) is 8.88. The number of unbranched alkanes of at least 4 members (excludes halogenated alkanes) is 7. The van der Waals surface area contributed by atoms with E-state index in [0.29, 0.717) is 30.3 Å². The molecule has 0 saturated carbocycles. The van der Waals surface area contributed by atoms with Gasteiger partial charge >= 0.3 is 19.8 Å². The summed E-state index contributed by atoms with van der Waals surface area (Å²) in [5, 5.41) is 10.2. The predicted molar refractivity (Wildman–Crippen MR) is 253 cm³/mol. The average Bonchev–Trinajstić information content (AvgIpc) is 3.21. The van der Waals surface area contributed by atoms with Crippen molar-refractivity contribution in [3.63, 3.8) is 0 Å². The largest absolute Gasteiger partial charge is 0.472 e. The van der Waals surface area contributed by atoms with Crippen molar-refractivity contribution in [1.29, 1.82) is 0 Å². The van der Waals surface area contributed by atoms with Crippen LogP contribution in [0.2, 0.25) is 0 Å². The third kappa shape index (κ3) is 44.5. The second kappa shape index (κ2) is 40.7. The number of phosphoric ester groups is 1.